The second-order valence-corrected chi connectivity index (χ2v) is 4.96. The lowest BCUT2D eigenvalue weighted by Gasteiger charge is -2.22. The summed E-state index contributed by atoms with van der Waals surface area (Å²) in [5, 5.41) is 11.7. The van der Waals surface area contributed by atoms with Gasteiger partial charge in [-0.3, -0.25) is 0 Å². The van der Waals surface area contributed by atoms with E-state index >= 15 is 0 Å². The van der Waals surface area contributed by atoms with Crippen LogP contribution in [0.4, 0.5) is 24.9 Å². The maximum atomic E-state index is 12.6. The van der Waals surface area contributed by atoms with Crippen molar-refractivity contribution in [3.8, 4) is 0 Å². The van der Waals surface area contributed by atoms with E-state index in [2.05, 4.69) is 15.3 Å². The number of nitrogen functional groups attached to an aromatic ring is 1. The Morgan fingerprint density at radius 3 is 2.58 bits per heavy atom. The highest BCUT2D eigenvalue weighted by molar-refractivity contribution is 7.99. The molecule has 0 fully saturated rings. The summed E-state index contributed by atoms with van der Waals surface area (Å²) >= 11 is 1.40. The summed E-state index contributed by atoms with van der Waals surface area (Å²) in [6.07, 6.45) is -2.78. The van der Waals surface area contributed by atoms with Crippen LogP contribution in [0.25, 0.3) is 0 Å². The molecule has 108 valence electrons. The molecule has 0 aliphatic heterocycles. The lowest BCUT2D eigenvalue weighted by atomic mass is 10.2. The zero-order valence-corrected chi connectivity index (χ0v) is 11.2. The maximum Gasteiger partial charge on any atom is 0.433 e. The lowest BCUT2D eigenvalue weighted by Crippen LogP contribution is -2.31. The maximum absolute atomic E-state index is 12.6. The Hall–Kier alpha value is -1.22. The Morgan fingerprint density at radius 1 is 1.47 bits per heavy atom. The van der Waals surface area contributed by atoms with Gasteiger partial charge in [-0.1, -0.05) is 0 Å². The fourth-order valence-electron chi connectivity index (χ4n) is 1.45. The van der Waals surface area contributed by atoms with Crippen LogP contribution in [0.5, 0.6) is 0 Å². The van der Waals surface area contributed by atoms with Crippen LogP contribution in [0, 0.1) is 0 Å². The average Bonchev–Trinajstić information content (AvgIpc) is 2.28. The fourth-order valence-corrected chi connectivity index (χ4v) is 2.07. The number of thioether (sulfide) groups is 1. The van der Waals surface area contributed by atoms with Crippen molar-refractivity contribution in [2.24, 2.45) is 0 Å². The minimum absolute atomic E-state index is 0.0141. The number of aromatic nitrogens is 2. The predicted molar refractivity (Wildman–Crippen MR) is 68.9 cm³/mol. The van der Waals surface area contributed by atoms with Gasteiger partial charge in [-0.15, -0.1) is 0 Å². The Morgan fingerprint density at radius 2 is 2.11 bits per heavy atom. The number of nitrogens with zero attached hydrogens (tertiary/aromatic N) is 2. The molecule has 0 spiro atoms. The van der Waals surface area contributed by atoms with E-state index in [0.29, 0.717) is 0 Å². The van der Waals surface area contributed by atoms with E-state index in [9.17, 15) is 13.2 Å². The number of halogens is 3. The van der Waals surface area contributed by atoms with Crippen molar-refractivity contribution in [3.05, 3.63) is 11.8 Å². The van der Waals surface area contributed by atoms with Gasteiger partial charge in [0.25, 0.3) is 0 Å². The standard InChI is InChI=1S/C10H15F3N4OS/c1-5(6(4-18)19-2)15-8-3-7(10(11,12)13)16-9(14)17-8/h3,5-6,18H,4H2,1-2H3,(H3,14,15,16,17). The Balaban J connectivity index is 2.93. The predicted octanol–water partition coefficient (Wildman–Crippen LogP) is 1.60. The van der Waals surface area contributed by atoms with Crippen LogP contribution in [0.15, 0.2) is 6.07 Å². The third-order valence-corrected chi connectivity index (χ3v) is 3.61. The van der Waals surface area contributed by atoms with E-state index in [1.807, 2.05) is 0 Å². The molecule has 0 aromatic carbocycles. The van der Waals surface area contributed by atoms with Crippen molar-refractivity contribution in [2.75, 3.05) is 23.9 Å². The summed E-state index contributed by atoms with van der Waals surface area (Å²) < 4.78 is 37.7. The van der Waals surface area contributed by atoms with Crippen LogP contribution in [0.3, 0.4) is 0 Å². The van der Waals surface area contributed by atoms with Gasteiger partial charge in [0.05, 0.1) is 6.61 Å². The molecule has 4 N–H and O–H groups in total. The van der Waals surface area contributed by atoms with E-state index in [1.54, 1.807) is 13.2 Å². The molecule has 2 atom stereocenters. The van der Waals surface area contributed by atoms with Crippen molar-refractivity contribution in [1.82, 2.24) is 9.97 Å². The summed E-state index contributed by atoms with van der Waals surface area (Å²) in [5.41, 5.74) is 4.16. The minimum Gasteiger partial charge on any atom is -0.395 e. The third-order valence-electron chi connectivity index (χ3n) is 2.45. The fraction of sp³-hybridized carbons (Fsp3) is 0.600. The number of anilines is 2. The average molecular weight is 296 g/mol. The van der Waals surface area contributed by atoms with Crippen molar-refractivity contribution in [2.45, 2.75) is 24.4 Å². The molecule has 0 saturated heterocycles. The summed E-state index contributed by atoms with van der Waals surface area (Å²) in [6, 6.07) is 0.525. The smallest absolute Gasteiger partial charge is 0.395 e. The molecular weight excluding hydrogens is 281 g/mol. The van der Waals surface area contributed by atoms with Gasteiger partial charge in [-0.2, -0.15) is 29.9 Å². The van der Waals surface area contributed by atoms with Crippen molar-refractivity contribution in [1.29, 1.82) is 0 Å². The second-order valence-electron chi connectivity index (χ2n) is 3.88. The van der Waals surface area contributed by atoms with E-state index in [1.165, 1.54) is 11.8 Å². The Labute approximate surface area is 112 Å². The van der Waals surface area contributed by atoms with Crippen LogP contribution in [0.2, 0.25) is 0 Å². The number of rotatable bonds is 5. The first-order chi connectivity index (χ1) is 8.77. The van der Waals surface area contributed by atoms with Crippen LogP contribution in [0.1, 0.15) is 12.6 Å². The van der Waals surface area contributed by atoms with E-state index in [4.69, 9.17) is 10.8 Å². The van der Waals surface area contributed by atoms with Crippen molar-refractivity contribution >= 4 is 23.5 Å². The molecule has 1 aromatic rings. The Kier molecular flexibility index (Phi) is 5.24. The highest BCUT2D eigenvalue weighted by atomic mass is 32.2. The normalized spacial score (nSPS) is 15.1. The van der Waals surface area contributed by atoms with Crippen molar-refractivity contribution < 1.29 is 18.3 Å². The first-order valence-corrected chi connectivity index (χ1v) is 6.68. The molecule has 2 unspecified atom stereocenters. The number of hydrogen-bond donors (Lipinski definition) is 3. The lowest BCUT2D eigenvalue weighted by molar-refractivity contribution is -0.141. The van der Waals surface area contributed by atoms with Gasteiger partial charge >= 0.3 is 6.18 Å². The number of hydrogen-bond acceptors (Lipinski definition) is 6. The molecule has 0 amide bonds. The molecule has 0 saturated carbocycles. The summed E-state index contributed by atoms with van der Waals surface area (Å²) in [7, 11) is 0. The van der Waals surface area contributed by atoms with Gasteiger partial charge in [-0.05, 0) is 13.2 Å². The number of aliphatic hydroxyl groups is 1. The molecular formula is C10H15F3N4OS. The second kappa shape index (κ2) is 6.29. The van der Waals surface area contributed by atoms with Crippen LogP contribution < -0.4 is 11.1 Å². The molecule has 0 aliphatic carbocycles. The van der Waals surface area contributed by atoms with Gasteiger partial charge in [-0.25, -0.2) is 4.98 Å². The molecule has 5 nitrogen and oxygen atoms in total. The molecule has 1 aromatic heterocycles. The number of aliphatic hydroxyl groups excluding tert-OH is 1. The SMILES string of the molecule is CSC(CO)C(C)Nc1cc(C(F)(F)F)nc(N)n1. The first kappa shape index (κ1) is 15.8. The van der Waals surface area contributed by atoms with Crippen LogP contribution >= 0.6 is 11.8 Å². The molecule has 0 bridgehead atoms. The van der Waals surface area contributed by atoms with Crippen LogP contribution in [-0.2, 0) is 6.18 Å². The number of nitrogens with two attached hydrogens (primary N) is 1. The molecule has 0 radical (unpaired) electrons. The first-order valence-electron chi connectivity index (χ1n) is 5.40. The quantitative estimate of drug-likeness (QED) is 0.765. The molecule has 0 aliphatic rings. The van der Waals surface area contributed by atoms with Crippen molar-refractivity contribution in [3.63, 3.8) is 0 Å². The molecule has 1 rings (SSSR count). The van der Waals surface area contributed by atoms with Gasteiger partial charge < -0.3 is 16.2 Å². The van der Waals surface area contributed by atoms with Gasteiger partial charge in [0.1, 0.15) is 5.82 Å². The highest BCUT2D eigenvalue weighted by Gasteiger charge is 2.33. The largest absolute Gasteiger partial charge is 0.433 e. The topological polar surface area (TPSA) is 84.1 Å². The van der Waals surface area contributed by atoms with E-state index < -0.39 is 17.8 Å². The number of alkyl halides is 3. The highest BCUT2D eigenvalue weighted by Crippen LogP contribution is 2.29. The third kappa shape index (κ3) is 4.43. The van der Waals surface area contributed by atoms with Gasteiger partial charge in [0.2, 0.25) is 5.95 Å². The van der Waals surface area contributed by atoms with Gasteiger partial charge in [0.15, 0.2) is 5.69 Å². The van der Waals surface area contributed by atoms with Crippen LogP contribution in [-0.4, -0.2) is 39.2 Å². The number of nitrogens with one attached hydrogen (secondary N) is 1. The molecule has 9 heteroatoms. The summed E-state index contributed by atoms with van der Waals surface area (Å²) in [4.78, 5) is 6.85. The molecule has 19 heavy (non-hydrogen) atoms. The zero-order chi connectivity index (χ0) is 14.6. The van der Waals surface area contributed by atoms with E-state index in [0.717, 1.165) is 6.07 Å². The minimum atomic E-state index is -4.58. The zero-order valence-electron chi connectivity index (χ0n) is 10.4. The molecule has 1 heterocycles. The summed E-state index contributed by atoms with van der Waals surface area (Å²) in [6.45, 7) is 1.64. The van der Waals surface area contributed by atoms with E-state index in [-0.39, 0.29) is 23.7 Å². The van der Waals surface area contributed by atoms with Gasteiger partial charge in [0, 0.05) is 17.4 Å². The Bertz CT molecular complexity index is 426. The summed E-state index contributed by atoms with van der Waals surface area (Å²) in [5.74, 6) is -0.464. The monoisotopic (exact) mass is 296 g/mol.